The smallest absolute Gasteiger partial charge is 0.403 e. The Morgan fingerprint density at radius 2 is 1.93 bits per heavy atom. The molecule has 4 heterocycles. The second-order valence-electron chi connectivity index (χ2n) is 5.78. The van der Waals surface area contributed by atoms with Gasteiger partial charge in [0.1, 0.15) is 10.8 Å². The van der Waals surface area contributed by atoms with Crippen LogP contribution in [0.25, 0.3) is 21.7 Å². The van der Waals surface area contributed by atoms with E-state index >= 15 is 0 Å². The van der Waals surface area contributed by atoms with Gasteiger partial charge in [-0.1, -0.05) is 0 Å². The van der Waals surface area contributed by atoms with E-state index in [0.29, 0.717) is 11.2 Å². The lowest BCUT2D eigenvalue weighted by Gasteiger charge is -2.28. The molecule has 3 aromatic heterocycles. The van der Waals surface area contributed by atoms with Crippen molar-refractivity contribution in [2.75, 3.05) is 31.1 Å². The summed E-state index contributed by atoms with van der Waals surface area (Å²) in [6.07, 6.45) is -4.55. The Balaban J connectivity index is 0.00000109. The third-order valence-corrected chi connectivity index (χ3v) is 4.93. The standard InChI is InChI=1S/C16H13F3N4O2S.ClHO/c17-16(18,19)11-8-26-14(21-11)10-7-9-1-2-12(22-13(9)25-15(10)24)23-5-3-20-4-6-23;1-2/h1-2,7-8,20H,3-6H2;2H. The minimum Gasteiger partial charge on any atom is -0.403 e. The van der Waals surface area contributed by atoms with Crippen LogP contribution in [0.4, 0.5) is 19.0 Å². The van der Waals surface area contributed by atoms with Gasteiger partial charge in [0.2, 0.25) is 5.71 Å². The Morgan fingerprint density at radius 1 is 1.21 bits per heavy atom. The van der Waals surface area contributed by atoms with Gasteiger partial charge in [-0.2, -0.15) is 18.2 Å². The predicted octanol–water partition coefficient (Wildman–Crippen LogP) is 2.87. The molecule has 1 aliphatic rings. The van der Waals surface area contributed by atoms with Crippen molar-refractivity contribution < 1.29 is 22.2 Å². The van der Waals surface area contributed by atoms with Crippen molar-refractivity contribution >= 4 is 40.1 Å². The first-order chi connectivity index (χ1) is 13.4. The zero-order valence-electron chi connectivity index (χ0n) is 14.2. The first-order valence-electron chi connectivity index (χ1n) is 8.02. The number of pyridine rings is 1. The van der Waals surface area contributed by atoms with Crippen LogP contribution in [-0.2, 0) is 6.18 Å². The van der Waals surface area contributed by atoms with Crippen LogP contribution in [-0.4, -0.2) is 40.8 Å². The second-order valence-corrected chi connectivity index (χ2v) is 6.64. The van der Waals surface area contributed by atoms with Crippen LogP contribution in [0.2, 0.25) is 0 Å². The summed E-state index contributed by atoms with van der Waals surface area (Å²) in [7, 11) is 0. The van der Waals surface area contributed by atoms with Crippen LogP contribution in [0.1, 0.15) is 5.69 Å². The molecule has 0 saturated carbocycles. The molecule has 0 amide bonds. The second kappa shape index (κ2) is 8.43. The number of aromatic nitrogens is 2. The number of hydrogen-bond acceptors (Lipinski definition) is 8. The van der Waals surface area contributed by atoms with Crippen LogP contribution in [0, 0.1) is 0 Å². The lowest BCUT2D eigenvalue weighted by Crippen LogP contribution is -2.43. The maximum absolute atomic E-state index is 12.7. The minimum atomic E-state index is -4.55. The summed E-state index contributed by atoms with van der Waals surface area (Å²) in [6, 6.07) is 5.01. The van der Waals surface area contributed by atoms with Crippen LogP contribution in [0.3, 0.4) is 0 Å². The lowest BCUT2D eigenvalue weighted by atomic mass is 10.2. The van der Waals surface area contributed by atoms with E-state index in [2.05, 4.69) is 32.1 Å². The highest BCUT2D eigenvalue weighted by Crippen LogP contribution is 2.33. The molecule has 0 aliphatic carbocycles. The van der Waals surface area contributed by atoms with E-state index in [1.54, 1.807) is 12.1 Å². The highest BCUT2D eigenvalue weighted by Gasteiger charge is 2.34. The number of fused-ring (bicyclic) bond motifs is 1. The summed E-state index contributed by atoms with van der Waals surface area (Å²) >= 11 is 4.39. The molecule has 12 heteroatoms. The van der Waals surface area contributed by atoms with E-state index in [4.69, 9.17) is 9.08 Å². The summed E-state index contributed by atoms with van der Waals surface area (Å²) in [5.74, 6) is 0.698. The van der Waals surface area contributed by atoms with E-state index in [9.17, 15) is 18.0 Å². The summed E-state index contributed by atoms with van der Waals surface area (Å²) < 4.78 is 49.9. The van der Waals surface area contributed by atoms with E-state index in [-0.39, 0.29) is 16.3 Å². The monoisotopic (exact) mass is 434 g/mol. The van der Waals surface area contributed by atoms with Crippen molar-refractivity contribution in [2.45, 2.75) is 6.18 Å². The average Bonchev–Trinajstić information content (AvgIpc) is 3.20. The van der Waals surface area contributed by atoms with Gasteiger partial charge in [-0.15, -0.1) is 11.3 Å². The van der Waals surface area contributed by atoms with Gasteiger partial charge in [0, 0.05) is 36.9 Å². The van der Waals surface area contributed by atoms with Gasteiger partial charge in [0.15, 0.2) is 5.69 Å². The van der Waals surface area contributed by atoms with E-state index in [0.717, 1.165) is 42.9 Å². The molecule has 150 valence electrons. The first kappa shape index (κ1) is 20.5. The topological polar surface area (TPSA) is 91.5 Å². The molecular weight excluding hydrogens is 421 g/mol. The Labute approximate surface area is 165 Å². The largest absolute Gasteiger partial charge is 0.434 e. The summed E-state index contributed by atoms with van der Waals surface area (Å²) in [6.45, 7) is 3.27. The SMILES string of the molecule is O=c1oc2nc(N3CCNCC3)ccc2cc1-c1nc(C(F)(F)F)cs1.OCl. The molecule has 0 bridgehead atoms. The number of thiazole rings is 1. The van der Waals surface area contributed by atoms with Crippen molar-refractivity contribution in [3.8, 4) is 10.6 Å². The zero-order valence-corrected chi connectivity index (χ0v) is 15.7. The van der Waals surface area contributed by atoms with Crippen molar-refractivity contribution in [3.05, 3.63) is 39.7 Å². The Morgan fingerprint density at radius 3 is 2.57 bits per heavy atom. The normalized spacial score (nSPS) is 14.7. The van der Waals surface area contributed by atoms with Crippen molar-refractivity contribution in [2.24, 2.45) is 0 Å². The number of piperazine rings is 1. The third kappa shape index (κ3) is 4.27. The zero-order chi connectivity index (χ0) is 20.3. The predicted molar refractivity (Wildman–Crippen MR) is 99.5 cm³/mol. The van der Waals surface area contributed by atoms with Gasteiger partial charge in [-0.3, -0.25) is 4.66 Å². The van der Waals surface area contributed by atoms with Gasteiger partial charge < -0.3 is 14.6 Å². The molecule has 1 aliphatic heterocycles. The van der Waals surface area contributed by atoms with Crippen LogP contribution in [0.15, 0.2) is 32.8 Å². The third-order valence-electron chi connectivity index (χ3n) is 4.05. The number of rotatable bonds is 2. The highest BCUT2D eigenvalue weighted by atomic mass is 35.5. The van der Waals surface area contributed by atoms with Crippen molar-refractivity contribution in [1.82, 2.24) is 15.3 Å². The van der Waals surface area contributed by atoms with Crippen molar-refractivity contribution in [1.29, 1.82) is 0 Å². The number of anilines is 1. The number of nitrogens with zero attached hydrogens (tertiary/aromatic N) is 3. The Kier molecular flexibility index (Phi) is 6.18. The van der Waals surface area contributed by atoms with E-state index in [1.807, 2.05) is 0 Å². The molecule has 28 heavy (non-hydrogen) atoms. The summed E-state index contributed by atoms with van der Waals surface area (Å²) in [4.78, 5) is 22.2. The van der Waals surface area contributed by atoms with E-state index in [1.165, 1.54) is 6.07 Å². The van der Waals surface area contributed by atoms with Gasteiger partial charge in [0.25, 0.3) is 0 Å². The molecule has 4 rings (SSSR count). The summed E-state index contributed by atoms with van der Waals surface area (Å²) in [5, 5.41) is 4.62. The fourth-order valence-electron chi connectivity index (χ4n) is 2.74. The number of alkyl halides is 3. The molecule has 7 nitrogen and oxygen atoms in total. The van der Waals surface area contributed by atoms with E-state index < -0.39 is 17.5 Å². The summed E-state index contributed by atoms with van der Waals surface area (Å²) in [5.41, 5.74) is -1.63. The maximum atomic E-state index is 12.7. The molecular formula is C16H14ClF3N4O3S. The number of halogens is 4. The molecule has 0 unspecified atom stereocenters. The molecule has 1 fully saturated rings. The van der Waals surface area contributed by atoms with Crippen LogP contribution in [0.5, 0.6) is 0 Å². The van der Waals surface area contributed by atoms with Crippen LogP contribution >= 0.6 is 23.2 Å². The molecule has 0 atom stereocenters. The fraction of sp³-hybridized carbons (Fsp3) is 0.312. The molecule has 0 aromatic carbocycles. The number of hydrogen-bond donors (Lipinski definition) is 2. The van der Waals surface area contributed by atoms with Crippen LogP contribution < -0.4 is 15.8 Å². The molecule has 3 aromatic rings. The number of nitrogens with one attached hydrogen (secondary N) is 1. The lowest BCUT2D eigenvalue weighted by molar-refractivity contribution is -0.140. The average molecular weight is 435 g/mol. The van der Waals surface area contributed by atoms with Gasteiger partial charge in [-0.05, 0) is 18.2 Å². The highest BCUT2D eigenvalue weighted by molar-refractivity contribution is 7.13. The van der Waals surface area contributed by atoms with Gasteiger partial charge in [-0.25, -0.2) is 9.78 Å². The molecule has 0 radical (unpaired) electrons. The molecule has 0 spiro atoms. The maximum Gasteiger partial charge on any atom is 0.434 e. The quantitative estimate of drug-likeness (QED) is 0.640. The van der Waals surface area contributed by atoms with Crippen molar-refractivity contribution in [3.63, 3.8) is 0 Å². The molecule has 2 N–H and O–H groups in total. The van der Waals surface area contributed by atoms with Gasteiger partial charge in [0.05, 0.1) is 17.4 Å². The molecule has 1 saturated heterocycles. The Hall–Kier alpha value is -2.21. The first-order valence-corrected chi connectivity index (χ1v) is 9.24. The van der Waals surface area contributed by atoms with Gasteiger partial charge >= 0.3 is 11.8 Å². The Bertz CT molecular complexity index is 1020. The minimum absolute atomic E-state index is 0.00489. The fourth-order valence-corrected chi connectivity index (χ4v) is 3.57.